The van der Waals surface area contributed by atoms with Crippen LogP contribution >= 0.6 is 0 Å². The lowest BCUT2D eigenvalue weighted by Gasteiger charge is -2.14. The first-order valence-corrected chi connectivity index (χ1v) is 17.3. The maximum atomic E-state index is 5.12. The van der Waals surface area contributed by atoms with E-state index in [1.54, 1.807) is 0 Å². The summed E-state index contributed by atoms with van der Waals surface area (Å²) in [6, 6.07) is 55.3. The third kappa shape index (κ3) is 5.61. The highest BCUT2D eigenvalue weighted by Crippen LogP contribution is 2.37. The number of imidazole rings is 1. The highest BCUT2D eigenvalue weighted by molar-refractivity contribution is 5.89. The summed E-state index contributed by atoms with van der Waals surface area (Å²) in [7, 11) is 0. The Labute approximate surface area is 292 Å². The van der Waals surface area contributed by atoms with E-state index in [0.717, 1.165) is 64.5 Å². The summed E-state index contributed by atoms with van der Waals surface area (Å²) >= 11 is 0. The predicted molar refractivity (Wildman–Crippen MR) is 204 cm³/mol. The van der Waals surface area contributed by atoms with Crippen LogP contribution in [0.1, 0.15) is 29.7 Å². The molecular weight excluding hydrogens is 609 g/mol. The lowest BCUT2D eigenvalue weighted by molar-refractivity contribution is 0.812. The van der Waals surface area contributed by atoms with Gasteiger partial charge in [0.2, 0.25) is 0 Å². The van der Waals surface area contributed by atoms with Gasteiger partial charge in [-0.25, -0.2) is 15.0 Å². The highest BCUT2D eigenvalue weighted by atomic mass is 15.0. The lowest BCUT2D eigenvalue weighted by atomic mass is 9.91. The van der Waals surface area contributed by atoms with E-state index in [-0.39, 0.29) is 0 Å². The Morgan fingerprint density at radius 2 is 1.02 bits per heavy atom. The summed E-state index contributed by atoms with van der Waals surface area (Å²) in [5, 5.41) is 0. The van der Waals surface area contributed by atoms with Gasteiger partial charge in [-0.1, -0.05) is 146 Å². The van der Waals surface area contributed by atoms with E-state index in [0.29, 0.717) is 0 Å². The van der Waals surface area contributed by atoms with Crippen LogP contribution in [0.5, 0.6) is 0 Å². The molecule has 1 aliphatic carbocycles. The Morgan fingerprint density at radius 1 is 0.460 bits per heavy atom. The number of aryl methyl sites for hydroxylation is 1. The number of pyridine rings is 1. The van der Waals surface area contributed by atoms with Crippen molar-refractivity contribution in [2.45, 2.75) is 19.3 Å². The molecular formula is C46H34N4. The molecule has 0 unspecified atom stereocenters. The van der Waals surface area contributed by atoms with Crippen molar-refractivity contribution in [2.24, 2.45) is 0 Å². The first kappa shape index (κ1) is 29.7. The van der Waals surface area contributed by atoms with Gasteiger partial charge in [-0.3, -0.25) is 0 Å². The van der Waals surface area contributed by atoms with E-state index in [9.17, 15) is 0 Å². The number of benzene rings is 5. The topological polar surface area (TPSA) is 43.1 Å². The van der Waals surface area contributed by atoms with Crippen LogP contribution in [0.4, 0.5) is 0 Å². The number of fused-ring (bicyclic) bond motifs is 5. The highest BCUT2D eigenvalue weighted by Gasteiger charge is 2.20. The smallest absolute Gasteiger partial charge is 0.160 e. The van der Waals surface area contributed by atoms with E-state index in [4.69, 9.17) is 15.0 Å². The average molecular weight is 643 g/mol. The second-order valence-electron chi connectivity index (χ2n) is 12.7. The van der Waals surface area contributed by atoms with Crippen molar-refractivity contribution in [3.63, 3.8) is 0 Å². The van der Waals surface area contributed by atoms with E-state index in [1.807, 2.05) is 36.4 Å². The molecule has 9 rings (SSSR count). The van der Waals surface area contributed by atoms with Gasteiger partial charge < -0.3 is 4.40 Å². The van der Waals surface area contributed by atoms with Crippen molar-refractivity contribution in [3.05, 3.63) is 187 Å². The van der Waals surface area contributed by atoms with Crippen LogP contribution in [0.2, 0.25) is 0 Å². The summed E-state index contributed by atoms with van der Waals surface area (Å²) in [5.74, 6) is 0.722. The normalized spacial score (nSPS) is 13.7. The second kappa shape index (κ2) is 12.9. The molecule has 0 atom stereocenters. The molecule has 0 spiro atoms. The van der Waals surface area contributed by atoms with Gasteiger partial charge in [-0.05, 0) is 65.3 Å². The van der Waals surface area contributed by atoms with Crippen molar-refractivity contribution in [1.29, 1.82) is 0 Å². The number of allylic oxidation sites excluding steroid dienone is 1. The molecule has 8 aromatic rings. The minimum atomic E-state index is 0.722. The maximum Gasteiger partial charge on any atom is 0.160 e. The molecule has 0 aliphatic heterocycles. The van der Waals surface area contributed by atoms with E-state index in [2.05, 4.69) is 138 Å². The summed E-state index contributed by atoms with van der Waals surface area (Å²) in [4.78, 5) is 15.1. The van der Waals surface area contributed by atoms with Crippen LogP contribution < -0.4 is 0 Å². The van der Waals surface area contributed by atoms with Crippen LogP contribution in [-0.4, -0.2) is 19.4 Å². The fourth-order valence-electron chi connectivity index (χ4n) is 7.07. The van der Waals surface area contributed by atoms with Crippen LogP contribution in [0.25, 0.3) is 67.5 Å². The fourth-order valence-corrected chi connectivity index (χ4v) is 7.07. The molecule has 0 radical (unpaired) electrons. The zero-order valence-corrected chi connectivity index (χ0v) is 27.6. The number of aromatic nitrogens is 4. The minimum Gasteiger partial charge on any atom is -0.303 e. The predicted octanol–water partition coefficient (Wildman–Crippen LogP) is 11.2. The van der Waals surface area contributed by atoms with E-state index in [1.165, 1.54) is 39.1 Å². The zero-order chi connectivity index (χ0) is 33.3. The summed E-state index contributed by atoms with van der Waals surface area (Å²) in [5.41, 5.74) is 15.6. The fraction of sp³-hybridized carbons (Fsp3) is 0.0652. The van der Waals surface area contributed by atoms with Crippen molar-refractivity contribution in [1.82, 2.24) is 19.4 Å². The number of hydrogen-bond acceptors (Lipinski definition) is 3. The molecule has 0 saturated carbocycles. The first-order chi connectivity index (χ1) is 24.8. The Balaban J connectivity index is 1.04. The van der Waals surface area contributed by atoms with Crippen molar-refractivity contribution in [2.75, 3.05) is 0 Å². The molecule has 5 aromatic carbocycles. The molecule has 1 aliphatic rings. The van der Waals surface area contributed by atoms with Gasteiger partial charge in [0.1, 0.15) is 5.65 Å². The summed E-state index contributed by atoms with van der Waals surface area (Å²) in [6.45, 7) is 0. The Kier molecular flexibility index (Phi) is 7.67. The van der Waals surface area contributed by atoms with Gasteiger partial charge >= 0.3 is 0 Å². The summed E-state index contributed by atoms with van der Waals surface area (Å²) < 4.78 is 2.26. The van der Waals surface area contributed by atoms with Crippen molar-refractivity contribution in [3.8, 4) is 56.3 Å². The van der Waals surface area contributed by atoms with Crippen LogP contribution in [0, 0.1) is 0 Å². The Hall–Kier alpha value is -6.39. The molecule has 0 saturated heterocycles. The van der Waals surface area contributed by atoms with Crippen LogP contribution in [-0.2, 0) is 6.42 Å². The van der Waals surface area contributed by atoms with E-state index < -0.39 is 0 Å². The largest absolute Gasteiger partial charge is 0.303 e. The van der Waals surface area contributed by atoms with Gasteiger partial charge in [0.05, 0.1) is 22.8 Å². The molecule has 4 nitrogen and oxygen atoms in total. The molecule has 50 heavy (non-hydrogen) atoms. The molecule has 4 heteroatoms. The summed E-state index contributed by atoms with van der Waals surface area (Å²) in [6.07, 6.45) is 7.62. The van der Waals surface area contributed by atoms with Gasteiger partial charge in [0.15, 0.2) is 5.82 Å². The molecule has 0 fully saturated rings. The van der Waals surface area contributed by atoms with Crippen molar-refractivity contribution < 1.29 is 0 Å². The lowest BCUT2D eigenvalue weighted by Crippen LogP contribution is -1.96. The molecule has 238 valence electrons. The third-order valence-electron chi connectivity index (χ3n) is 9.60. The number of hydrogen-bond donors (Lipinski definition) is 0. The molecule has 0 N–H and O–H groups in total. The first-order valence-electron chi connectivity index (χ1n) is 17.3. The van der Waals surface area contributed by atoms with Gasteiger partial charge in [0.25, 0.3) is 0 Å². The van der Waals surface area contributed by atoms with Crippen molar-refractivity contribution >= 4 is 11.2 Å². The van der Waals surface area contributed by atoms with E-state index >= 15 is 0 Å². The Bertz CT molecular complexity index is 2420. The molecule has 3 aromatic heterocycles. The van der Waals surface area contributed by atoms with Gasteiger partial charge in [0, 0.05) is 28.5 Å². The molecule has 0 amide bonds. The third-order valence-corrected chi connectivity index (χ3v) is 9.60. The van der Waals surface area contributed by atoms with Gasteiger partial charge in [-0.2, -0.15) is 0 Å². The quantitative estimate of drug-likeness (QED) is 0.188. The minimum absolute atomic E-state index is 0.722. The maximum absolute atomic E-state index is 5.12. The number of nitrogens with zero attached hydrogens (tertiary/aromatic N) is 4. The molecule has 0 bridgehead atoms. The standard InChI is InChI=1S/C46H34N4/c1-3-13-35(14-4-1)41-31-42(48-46(47-41)37-15-5-2-6-16-37)36-28-24-33(25-29-36)32-22-26-34(27-23-32)38-17-9-10-20-43-45(40-19-8-7-18-39(38)40)49-44-21-11-12-30-50(43)44/h1-8,11-19,21-31H,9-10,20H2/b38-17+. The zero-order valence-electron chi connectivity index (χ0n) is 27.6. The monoisotopic (exact) mass is 642 g/mol. The molecule has 3 heterocycles. The Morgan fingerprint density at radius 3 is 1.72 bits per heavy atom. The number of rotatable bonds is 5. The van der Waals surface area contributed by atoms with Crippen LogP contribution in [0.15, 0.2) is 170 Å². The average Bonchev–Trinajstić information content (AvgIpc) is 3.59. The van der Waals surface area contributed by atoms with Crippen LogP contribution in [0.3, 0.4) is 0 Å². The van der Waals surface area contributed by atoms with Gasteiger partial charge in [-0.15, -0.1) is 0 Å². The second-order valence-corrected chi connectivity index (χ2v) is 12.7. The SMILES string of the molecule is C1=C(\c2ccc(-c3ccc(-c4cc(-c5ccccc5)nc(-c5ccccc5)n4)cc3)cc2)c2ccccc2-c2nc3ccccn3c2CCC/1.